The van der Waals surface area contributed by atoms with Crippen molar-refractivity contribution < 1.29 is 9.84 Å². The van der Waals surface area contributed by atoms with Crippen molar-refractivity contribution in [3.8, 4) is 17.6 Å². The molecule has 0 fully saturated rings. The predicted octanol–water partition coefficient (Wildman–Crippen LogP) is 3.47. The Balaban J connectivity index is 2.10. The standard InChI is InChI=1S/C16H16N2O2/c1-12(15-7-2-3-8-16(15)19)18-13-5-4-6-14(11-13)20-10-9-17/h2-8,11-12,18-19H,10H2,1H3. The SMILES string of the molecule is CC(Nc1cccc(OCC#N)c1)c1ccccc1O. The summed E-state index contributed by atoms with van der Waals surface area (Å²) in [4.78, 5) is 0. The molecule has 4 heteroatoms. The molecular weight excluding hydrogens is 252 g/mol. The Bertz CT molecular complexity index is 620. The van der Waals surface area contributed by atoms with E-state index in [0.29, 0.717) is 5.75 Å². The fourth-order valence-corrected chi connectivity index (χ4v) is 1.97. The summed E-state index contributed by atoms with van der Waals surface area (Å²) in [5, 5.41) is 21.6. The fourth-order valence-electron chi connectivity index (χ4n) is 1.97. The average Bonchev–Trinajstić information content (AvgIpc) is 2.46. The number of nitriles is 1. The molecule has 0 bridgehead atoms. The Labute approximate surface area is 118 Å². The van der Waals surface area contributed by atoms with Gasteiger partial charge in [0.05, 0.1) is 6.04 Å². The highest BCUT2D eigenvalue weighted by Gasteiger charge is 2.09. The van der Waals surface area contributed by atoms with E-state index in [0.717, 1.165) is 11.3 Å². The van der Waals surface area contributed by atoms with Crippen molar-refractivity contribution in [1.29, 1.82) is 5.26 Å². The second-order valence-corrected chi connectivity index (χ2v) is 4.40. The van der Waals surface area contributed by atoms with E-state index in [2.05, 4.69) is 5.32 Å². The number of hydrogen-bond acceptors (Lipinski definition) is 4. The van der Waals surface area contributed by atoms with Gasteiger partial charge in [-0.25, -0.2) is 0 Å². The van der Waals surface area contributed by atoms with Crippen LogP contribution in [0.3, 0.4) is 0 Å². The number of para-hydroxylation sites is 1. The molecule has 0 aliphatic rings. The van der Waals surface area contributed by atoms with Gasteiger partial charge < -0.3 is 15.2 Å². The zero-order valence-corrected chi connectivity index (χ0v) is 11.2. The molecule has 0 aliphatic heterocycles. The van der Waals surface area contributed by atoms with Crippen LogP contribution in [0.2, 0.25) is 0 Å². The molecule has 20 heavy (non-hydrogen) atoms. The monoisotopic (exact) mass is 268 g/mol. The number of nitrogens with zero attached hydrogens (tertiary/aromatic N) is 1. The van der Waals surface area contributed by atoms with Crippen molar-refractivity contribution in [1.82, 2.24) is 0 Å². The summed E-state index contributed by atoms with van der Waals surface area (Å²) in [6.45, 7) is 2.00. The minimum atomic E-state index is -0.0394. The van der Waals surface area contributed by atoms with Gasteiger partial charge in [-0.1, -0.05) is 24.3 Å². The number of benzene rings is 2. The Morgan fingerprint density at radius 1 is 1.25 bits per heavy atom. The first-order valence-electron chi connectivity index (χ1n) is 6.35. The van der Waals surface area contributed by atoms with E-state index in [9.17, 15) is 5.11 Å². The van der Waals surface area contributed by atoms with Crippen LogP contribution in [0.5, 0.6) is 11.5 Å². The number of rotatable bonds is 5. The quantitative estimate of drug-likeness (QED) is 0.871. The van der Waals surface area contributed by atoms with Crippen molar-refractivity contribution in [2.24, 2.45) is 0 Å². The number of hydrogen-bond donors (Lipinski definition) is 2. The molecule has 0 radical (unpaired) electrons. The minimum absolute atomic E-state index is 0.0263. The Morgan fingerprint density at radius 3 is 2.80 bits per heavy atom. The normalized spacial score (nSPS) is 11.4. The third-order valence-corrected chi connectivity index (χ3v) is 2.92. The van der Waals surface area contributed by atoms with Crippen molar-refractivity contribution >= 4 is 5.69 Å². The average molecular weight is 268 g/mol. The van der Waals surface area contributed by atoms with Crippen LogP contribution in [0.4, 0.5) is 5.69 Å². The Hall–Kier alpha value is -2.67. The molecule has 2 N–H and O–H groups in total. The summed E-state index contributed by atoms with van der Waals surface area (Å²) < 4.78 is 5.26. The summed E-state index contributed by atoms with van der Waals surface area (Å²) >= 11 is 0. The second-order valence-electron chi connectivity index (χ2n) is 4.40. The number of phenolic OH excluding ortho intramolecular Hbond substituents is 1. The summed E-state index contributed by atoms with van der Waals surface area (Å²) in [5.41, 5.74) is 1.70. The van der Waals surface area contributed by atoms with E-state index in [1.165, 1.54) is 0 Å². The van der Waals surface area contributed by atoms with Gasteiger partial charge in [0.1, 0.15) is 17.6 Å². The van der Waals surface area contributed by atoms with Crippen LogP contribution < -0.4 is 10.1 Å². The molecule has 0 saturated carbocycles. The van der Waals surface area contributed by atoms with E-state index >= 15 is 0 Å². The molecule has 102 valence electrons. The molecule has 4 nitrogen and oxygen atoms in total. The van der Waals surface area contributed by atoms with Crippen LogP contribution >= 0.6 is 0 Å². The van der Waals surface area contributed by atoms with E-state index < -0.39 is 0 Å². The molecule has 1 unspecified atom stereocenters. The zero-order chi connectivity index (χ0) is 14.4. The molecule has 0 aliphatic carbocycles. The molecule has 0 saturated heterocycles. The molecule has 0 spiro atoms. The van der Waals surface area contributed by atoms with Crippen LogP contribution in [0.25, 0.3) is 0 Å². The van der Waals surface area contributed by atoms with Gasteiger partial charge in [0.25, 0.3) is 0 Å². The molecule has 0 aromatic heterocycles. The molecular formula is C16H16N2O2. The highest BCUT2D eigenvalue weighted by molar-refractivity contribution is 5.51. The molecule has 2 aromatic carbocycles. The summed E-state index contributed by atoms with van der Waals surface area (Å²) in [6, 6.07) is 16.5. The molecule has 2 aromatic rings. The maximum atomic E-state index is 9.83. The van der Waals surface area contributed by atoms with Gasteiger partial charge in [-0.15, -0.1) is 0 Å². The van der Waals surface area contributed by atoms with Crippen molar-refractivity contribution in [2.75, 3.05) is 11.9 Å². The second kappa shape index (κ2) is 6.48. The lowest BCUT2D eigenvalue weighted by molar-refractivity contribution is 0.368. The number of nitrogens with one attached hydrogen (secondary N) is 1. The van der Waals surface area contributed by atoms with E-state index in [-0.39, 0.29) is 18.4 Å². The third kappa shape index (κ3) is 3.42. The minimum Gasteiger partial charge on any atom is -0.508 e. The van der Waals surface area contributed by atoms with Crippen molar-refractivity contribution in [3.05, 3.63) is 54.1 Å². The van der Waals surface area contributed by atoms with Crippen molar-refractivity contribution in [3.63, 3.8) is 0 Å². The van der Waals surface area contributed by atoms with E-state index in [4.69, 9.17) is 10.00 Å². The lowest BCUT2D eigenvalue weighted by atomic mass is 10.1. The summed E-state index contributed by atoms with van der Waals surface area (Å²) in [5.74, 6) is 0.908. The van der Waals surface area contributed by atoms with Gasteiger partial charge in [-0.2, -0.15) is 5.26 Å². The van der Waals surface area contributed by atoms with Gasteiger partial charge in [0, 0.05) is 17.3 Å². The number of anilines is 1. The molecule has 0 amide bonds. The van der Waals surface area contributed by atoms with E-state index in [1.807, 2.05) is 43.3 Å². The van der Waals surface area contributed by atoms with Crippen LogP contribution in [0.1, 0.15) is 18.5 Å². The number of ether oxygens (including phenoxy) is 1. The highest BCUT2D eigenvalue weighted by atomic mass is 16.5. The molecule has 1 atom stereocenters. The lowest BCUT2D eigenvalue weighted by Crippen LogP contribution is -2.07. The van der Waals surface area contributed by atoms with Gasteiger partial charge in [-0.05, 0) is 25.1 Å². The first kappa shape index (κ1) is 13.8. The van der Waals surface area contributed by atoms with Crippen LogP contribution in [-0.4, -0.2) is 11.7 Å². The Morgan fingerprint density at radius 2 is 2.05 bits per heavy atom. The van der Waals surface area contributed by atoms with E-state index in [1.54, 1.807) is 18.2 Å². The topological polar surface area (TPSA) is 65.3 Å². The maximum Gasteiger partial charge on any atom is 0.174 e. The molecule has 0 heterocycles. The van der Waals surface area contributed by atoms with Gasteiger partial charge >= 0.3 is 0 Å². The van der Waals surface area contributed by atoms with Crippen LogP contribution in [0.15, 0.2) is 48.5 Å². The van der Waals surface area contributed by atoms with Crippen LogP contribution in [-0.2, 0) is 0 Å². The summed E-state index contributed by atoms with van der Waals surface area (Å²) in [6.07, 6.45) is 0. The van der Waals surface area contributed by atoms with Crippen LogP contribution in [0, 0.1) is 11.3 Å². The Kier molecular flexibility index (Phi) is 4.46. The predicted molar refractivity (Wildman–Crippen MR) is 77.7 cm³/mol. The number of phenols is 1. The fraction of sp³-hybridized carbons (Fsp3) is 0.188. The number of aromatic hydroxyl groups is 1. The largest absolute Gasteiger partial charge is 0.508 e. The lowest BCUT2D eigenvalue weighted by Gasteiger charge is -2.17. The first-order chi connectivity index (χ1) is 9.70. The molecule has 2 rings (SSSR count). The third-order valence-electron chi connectivity index (χ3n) is 2.92. The van der Waals surface area contributed by atoms with Gasteiger partial charge in [0.2, 0.25) is 0 Å². The highest BCUT2D eigenvalue weighted by Crippen LogP contribution is 2.27. The maximum absolute atomic E-state index is 9.83. The van der Waals surface area contributed by atoms with Crippen molar-refractivity contribution in [2.45, 2.75) is 13.0 Å². The van der Waals surface area contributed by atoms with Gasteiger partial charge in [0.15, 0.2) is 6.61 Å². The zero-order valence-electron chi connectivity index (χ0n) is 11.2. The van der Waals surface area contributed by atoms with Gasteiger partial charge in [-0.3, -0.25) is 0 Å². The smallest absolute Gasteiger partial charge is 0.174 e. The first-order valence-corrected chi connectivity index (χ1v) is 6.35. The summed E-state index contributed by atoms with van der Waals surface area (Å²) in [7, 11) is 0.